The summed E-state index contributed by atoms with van der Waals surface area (Å²) < 4.78 is 28.5. The Kier molecular flexibility index (Phi) is 6.51. The molecule has 1 atom stereocenters. The van der Waals surface area contributed by atoms with Crippen molar-refractivity contribution in [2.75, 3.05) is 10.2 Å². The van der Waals surface area contributed by atoms with Gasteiger partial charge in [0.1, 0.15) is 0 Å². The van der Waals surface area contributed by atoms with Crippen molar-refractivity contribution >= 4 is 38.8 Å². The van der Waals surface area contributed by atoms with E-state index in [4.69, 9.17) is 10.1 Å². The molecule has 1 amide bonds. The molecule has 5 aromatic rings. The van der Waals surface area contributed by atoms with Crippen molar-refractivity contribution in [2.24, 2.45) is 4.99 Å². The summed E-state index contributed by atoms with van der Waals surface area (Å²) in [6, 6.07) is 29.3. The van der Waals surface area contributed by atoms with Gasteiger partial charge in [-0.2, -0.15) is 5.10 Å². The van der Waals surface area contributed by atoms with Gasteiger partial charge in [0.25, 0.3) is 5.91 Å². The maximum atomic E-state index is 13.5. The van der Waals surface area contributed by atoms with Gasteiger partial charge in [-0.1, -0.05) is 67.9 Å². The molecule has 1 aromatic heterocycles. The maximum absolute atomic E-state index is 13.5. The number of rotatable bonds is 5. The number of aromatic nitrogens is 2. The fourth-order valence-electron chi connectivity index (χ4n) is 5.92. The second kappa shape index (κ2) is 10.3. The van der Waals surface area contributed by atoms with Crippen molar-refractivity contribution < 1.29 is 13.2 Å². The molecule has 2 aliphatic heterocycles. The first-order valence-corrected chi connectivity index (χ1v) is 16.0. The highest BCUT2D eigenvalue weighted by atomic mass is 32.2. The van der Waals surface area contributed by atoms with E-state index in [9.17, 15) is 13.2 Å². The molecule has 4 aromatic carbocycles. The topological polar surface area (TPSA) is 96.7 Å². The highest BCUT2D eigenvalue weighted by Crippen LogP contribution is 2.47. The van der Waals surface area contributed by atoms with Crippen LogP contribution in [0.4, 0.5) is 17.2 Å². The molecule has 44 heavy (non-hydrogen) atoms. The van der Waals surface area contributed by atoms with Crippen molar-refractivity contribution in [2.45, 2.75) is 49.4 Å². The van der Waals surface area contributed by atoms with Crippen LogP contribution in [0.2, 0.25) is 0 Å². The van der Waals surface area contributed by atoms with Gasteiger partial charge >= 0.3 is 0 Å². The maximum Gasteiger partial charge on any atom is 0.291 e. The number of benzene rings is 4. The monoisotopic (exact) mass is 601 g/mol. The number of amidine groups is 1. The minimum atomic E-state index is -3.71. The number of hydrogen-bond donors (Lipinski definition) is 1. The Bertz CT molecular complexity index is 2060. The van der Waals surface area contributed by atoms with E-state index in [1.807, 2.05) is 55.1 Å². The summed E-state index contributed by atoms with van der Waals surface area (Å²) in [7, 11) is -3.71. The number of hydrogen-bond acceptors (Lipinski definition) is 6. The van der Waals surface area contributed by atoms with Gasteiger partial charge in [0.15, 0.2) is 5.82 Å². The van der Waals surface area contributed by atoms with E-state index >= 15 is 0 Å². The van der Waals surface area contributed by atoms with Gasteiger partial charge in [-0.3, -0.25) is 4.79 Å². The number of aryl methyl sites for hydroxylation is 2. The first kappa shape index (κ1) is 27.8. The largest absolute Gasteiger partial charge is 0.317 e. The first-order chi connectivity index (χ1) is 21.1. The highest BCUT2D eigenvalue weighted by Gasteiger charge is 2.42. The Morgan fingerprint density at radius 2 is 1.45 bits per heavy atom. The molecule has 0 saturated carbocycles. The van der Waals surface area contributed by atoms with Crippen LogP contribution in [0, 0.1) is 13.8 Å². The van der Waals surface area contributed by atoms with Gasteiger partial charge in [0.2, 0.25) is 15.7 Å². The Morgan fingerprint density at radius 1 is 0.818 bits per heavy atom. The highest BCUT2D eigenvalue weighted by molar-refractivity contribution is 7.91. The van der Waals surface area contributed by atoms with Crippen LogP contribution in [0.25, 0.3) is 5.69 Å². The van der Waals surface area contributed by atoms with Crippen LogP contribution in [-0.2, 0) is 14.6 Å². The lowest BCUT2D eigenvalue weighted by atomic mass is 9.92. The van der Waals surface area contributed by atoms with Crippen molar-refractivity contribution in [1.82, 2.24) is 9.78 Å². The average molecular weight is 602 g/mol. The number of para-hydroxylation sites is 2. The number of amides is 1. The Balaban J connectivity index is 1.34. The van der Waals surface area contributed by atoms with Crippen LogP contribution in [-0.4, -0.2) is 29.9 Å². The number of carbonyl (C=O) groups is 1. The van der Waals surface area contributed by atoms with Crippen LogP contribution in [0.3, 0.4) is 0 Å². The Morgan fingerprint density at radius 3 is 2.11 bits per heavy atom. The number of nitrogens with one attached hydrogen (secondary N) is 1. The second-order valence-electron chi connectivity index (χ2n) is 11.5. The zero-order valence-corrected chi connectivity index (χ0v) is 25.6. The lowest BCUT2D eigenvalue weighted by molar-refractivity contribution is -0.110. The zero-order valence-electron chi connectivity index (χ0n) is 24.8. The van der Waals surface area contributed by atoms with Gasteiger partial charge in [-0.15, -0.1) is 0 Å². The fraction of sp³-hybridized carbons (Fsp3) is 0.171. The summed E-state index contributed by atoms with van der Waals surface area (Å²) in [6.07, 6.45) is 0. The molecular weight excluding hydrogens is 570 g/mol. The molecule has 220 valence electrons. The number of fused-ring (bicyclic) bond motifs is 4. The lowest BCUT2D eigenvalue weighted by Gasteiger charge is -2.40. The molecule has 1 N–H and O–H groups in total. The van der Waals surface area contributed by atoms with Gasteiger partial charge in [0, 0.05) is 5.56 Å². The van der Waals surface area contributed by atoms with E-state index in [2.05, 4.69) is 43.4 Å². The van der Waals surface area contributed by atoms with E-state index in [0.717, 1.165) is 39.3 Å². The number of carbonyl (C=O) groups excluding carboxylic acids is 1. The molecule has 7 rings (SSSR count). The summed E-state index contributed by atoms with van der Waals surface area (Å²) in [4.78, 5) is 20.8. The molecule has 1 unspecified atom stereocenters. The van der Waals surface area contributed by atoms with Crippen molar-refractivity contribution in [3.05, 3.63) is 125 Å². The summed E-state index contributed by atoms with van der Waals surface area (Å²) in [5.74, 6) is 0.813. The molecule has 0 saturated heterocycles. The Hall–Kier alpha value is -5.02. The fourth-order valence-corrected chi connectivity index (χ4v) is 7.18. The predicted octanol–water partition coefficient (Wildman–Crippen LogP) is 7.04. The molecule has 0 fully saturated rings. The molecule has 0 aliphatic carbocycles. The number of nitrogens with zero attached hydrogens (tertiary/aromatic N) is 4. The quantitative estimate of drug-likeness (QED) is 0.233. The summed E-state index contributed by atoms with van der Waals surface area (Å²) in [5.41, 5.74) is 7.07. The van der Waals surface area contributed by atoms with Crippen molar-refractivity contribution in [3.63, 3.8) is 0 Å². The summed E-state index contributed by atoms with van der Waals surface area (Å²) in [5, 5.41) is 7.85. The van der Waals surface area contributed by atoms with Gasteiger partial charge < -0.3 is 10.2 Å². The lowest BCUT2D eigenvalue weighted by Crippen LogP contribution is -2.48. The standard InChI is InChI=1S/C35H31N5O3S/c1-21(2)24-13-17-27(18-14-24)44(42,43)28-19-15-26(16-20-28)40-33-31(23(4)38-40)32(25-11-9-22(3)10-12-25)39-30-8-6-5-7-29(30)36-35(41)34(39)37-33/h5-21,32H,1-4H3,(H,36,41). The minimum Gasteiger partial charge on any atom is -0.317 e. The van der Waals surface area contributed by atoms with E-state index in [1.165, 1.54) is 0 Å². The minimum absolute atomic E-state index is 0.189. The van der Waals surface area contributed by atoms with Crippen LogP contribution in [0.1, 0.15) is 53.8 Å². The normalized spacial score (nSPS) is 15.8. The van der Waals surface area contributed by atoms with Crippen LogP contribution < -0.4 is 10.2 Å². The van der Waals surface area contributed by atoms with Crippen LogP contribution >= 0.6 is 0 Å². The number of anilines is 2. The number of sulfone groups is 1. The van der Waals surface area contributed by atoms with E-state index in [-0.39, 0.29) is 27.6 Å². The third-order valence-electron chi connectivity index (χ3n) is 8.31. The molecule has 0 radical (unpaired) electrons. The molecule has 2 aliphatic rings. The first-order valence-electron chi connectivity index (χ1n) is 14.5. The van der Waals surface area contributed by atoms with E-state index < -0.39 is 9.84 Å². The molecule has 0 bridgehead atoms. The zero-order chi connectivity index (χ0) is 30.7. The SMILES string of the molecule is Cc1ccc(C2c3c(C)nn(-c4ccc(S(=O)(=O)c5ccc(C(C)C)cc5)cc4)c3N=C3C(=O)Nc4ccccc4N32)cc1. The van der Waals surface area contributed by atoms with Gasteiger partial charge in [0.05, 0.1) is 38.6 Å². The van der Waals surface area contributed by atoms with E-state index in [0.29, 0.717) is 17.4 Å². The molecule has 9 heteroatoms. The third-order valence-corrected chi connectivity index (χ3v) is 10.1. The smallest absolute Gasteiger partial charge is 0.291 e. The molecule has 3 heterocycles. The third kappa shape index (κ3) is 4.43. The summed E-state index contributed by atoms with van der Waals surface area (Å²) in [6.45, 7) is 8.12. The molecule has 8 nitrogen and oxygen atoms in total. The molecule has 0 spiro atoms. The van der Waals surface area contributed by atoms with Crippen LogP contribution in [0.5, 0.6) is 0 Å². The second-order valence-corrected chi connectivity index (χ2v) is 13.5. The van der Waals surface area contributed by atoms with Gasteiger partial charge in [-0.05, 0) is 79.4 Å². The van der Waals surface area contributed by atoms with Crippen LogP contribution in [0.15, 0.2) is 112 Å². The predicted molar refractivity (Wildman–Crippen MR) is 172 cm³/mol. The van der Waals surface area contributed by atoms with Gasteiger partial charge in [-0.25, -0.2) is 18.1 Å². The summed E-state index contributed by atoms with van der Waals surface area (Å²) >= 11 is 0. The number of aliphatic imine (C=N–C) groups is 1. The molecular formula is C35H31N5O3S. The van der Waals surface area contributed by atoms with E-state index in [1.54, 1.807) is 41.1 Å². The van der Waals surface area contributed by atoms with Crippen molar-refractivity contribution in [3.8, 4) is 5.69 Å². The van der Waals surface area contributed by atoms with Crippen molar-refractivity contribution in [1.29, 1.82) is 0 Å². The average Bonchev–Trinajstić information content (AvgIpc) is 3.36. The Labute approximate surface area is 256 Å².